The van der Waals surface area contributed by atoms with Gasteiger partial charge in [-0.1, -0.05) is 18.2 Å². The number of halogens is 4. The third-order valence-electron chi connectivity index (χ3n) is 7.49. The summed E-state index contributed by atoms with van der Waals surface area (Å²) in [7, 11) is 1.86. The first-order valence-corrected chi connectivity index (χ1v) is 13.8. The molecule has 2 aliphatic heterocycles. The number of anilines is 1. The number of fused-ring (bicyclic) bond motifs is 2. The summed E-state index contributed by atoms with van der Waals surface area (Å²) in [6.07, 6.45) is -4.99. The van der Waals surface area contributed by atoms with Crippen LogP contribution in [0, 0.1) is 0 Å². The van der Waals surface area contributed by atoms with Crippen molar-refractivity contribution in [3.63, 3.8) is 0 Å². The van der Waals surface area contributed by atoms with Crippen LogP contribution in [0.1, 0.15) is 32.7 Å². The first-order chi connectivity index (χ1) is 19.1. The van der Waals surface area contributed by atoms with Crippen molar-refractivity contribution < 1.29 is 27.2 Å². The summed E-state index contributed by atoms with van der Waals surface area (Å²) >= 11 is 1.25. The molecule has 6 rings (SSSR count). The van der Waals surface area contributed by atoms with E-state index in [4.69, 9.17) is 0 Å². The molecule has 0 saturated carbocycles. The topological polar surface area (TPSA) is 57.6 Å². The quantitative estimate of drug-likeness (QED) is 0.222. The number of thiophene rings is 1. The van der Waals surface area contributed by atoms with Gasteiger partial charge in [-0.05, 0) is 60.8 Å². The van der Waals surface area contributed by atoms with Gasteiger partial charge in [0.05, 0.1) is 39.8 Å². The molecule has 1 saturated heterocycles. The van der Waals surface area contributed by atoms with E-state index in [2.05, 4.69) is 5.32 Å². The summed E-state index contributed by atoms with van der Waals surface area (Å²) in [4.78, 5) is 29.2. The highest BCUT2D eigenvalue weighted by atomic mass is 32.1. The largest absolute Gasteiger partial charge is 0.406 e. The maximum absolute atomic E-state index is 14.8. The van der Waals surface area contributed by atoms with Gasteiger partial charge in [-0.15, -0.1) is 11.3 Å². The number of rotatable bonds is 6. The van der Waals surface area contributed by atoms with E-state index >= 15 is 0 Å². The summed E-state index contributed by atoms with van der Waals surface area (Å²) in [6, 6.07) is 14.6. The fourth-order valence-corrected chi connectivity index (χ4v) is 6.47. The number of likely N-dealkylation sites (tertiary alicyclic amines) is 1. The van der Waals surface area contributed by atoms with Gasteiger partial charge in [0, 0.05) is 24.2 Å². The Morgan fingerprint density at radius 2 is 1.75 bits per heavy atom. The van der Waals surface area contributed by atoms with Gasteiger partial charge < -0.3 is 14.8 Å². The molecule has 1 N–H and O–H groups in total. The van der Waals surface area contributed by atoms with Crippen LogP contribution in [0.2, 0.25) is 0 Å². The van der Waals surface area contributed by atoms with Crippen LogP contribution < -0.4 is 5.32 Å². The minimum absolute atomic E-state index is 0.0170. The summed E-state index contributed by atoms with van der Waals surface area (Å²) in [6.45, 7) is -0.164. The van der Waals surface area contributed by atoms with Crippen LogP contribution in [-0.2, 0) is 13.1 Å². The Balaban J connectivity index is 1.33. The standard InChI is InChI=1S/C29H26F4N4O2S/c1-35-10-9-23(21(30)14-35)34-22-7-4-8-24-20(22)12-25(37(24)16-29(31,32)33)26-11-17(15-40-26)13-36-27(38)18-5-2-3-6-19(18)28(36)39/h2-8,11-12,15,21,23,34H,9-10,13-14,16H2,1H3/t21?,23-/m1/s1. The molecule has 2 aliphatic rings. The van der Waals surface area contributed by atoms with Gasteiger partial charge in [-0.2, -0.15) is 13.2 Å². The molecule has 1 unspecified atom stereocenters. The predicted molar refractivity (Wildman–Crippen MR) is 146 cm³/mol. The molecule has 1 fully saturated rings. The van der Waals surface area contributed by atoms with Crippen molar-refractivity contribution >= 4 is 39.7 Å². The van der Waals surface area contributed by atoms with Gasteiger partial charge in [0.2, 0.25) is 0 Å². The molecule has 4 heterocycles. The second kappa shape index (κ2) is 10.0. The average Bonchev–Trinajstić information content (AvgIpc) is 3.58. The van der Waals surface area contributed by atoms with Crippen molar-refractivity contribution in [1.29, 1.82) is 0 Å². The average molecular weight is 571 g/mol. The number of piperidine rings is 1. The van der Waals surface area contributed by atoms with Gasteiger partial charge in [0.25, 0.3) is 11.8 Å². The highest BCUT2D eigenvalue weighted by molar-refractivity contribution is 7.13. The number of imide groups is 1. The second-order valence-electron chi connectivity index (χ2n) is 10.3. The number of nitrogens with one attached hydrogen (secondary N) is 1. The van der Waals surface area contributed by atoms with E-state index in [0.717, 1.165) is 11.4 Å². The molecule has 2 amide bonds. The van der Waals surface area contributed by atoms with Crippen LogP contribution in [0.3, 0.4) is 0 Å². The fraction of sp³-hybridized carbons (Fsp3) is 0.310. The highest BCUT2D eigenvalue weighted by Gasteiger charge is 2.36. The van der Waals surface area contributed by atoms with Crippen LogP contribution >= 0.6 is 11.3 Å². The molecular weight excluding hydrogens is 544 g/mol. The lowest BCUT2D eigenvalue weighted by Crippen LogP contribution is -2.46. The van der Waals surface area contributed by atoms with Crippen molar-refractivity contribution in [3.05, 3.63) is 76.7 Å². The molecule has 0 bridgehead atoms. The molecular formula is C29H26F4N4O2S. The maximum atomic E-state index is 14.8. The zero-order valence-electron chi connectivity index (χ0n) is 21.5. The van der Waals surface area contributed by atoms with Crippen LogP contribution in [0.5, 0.6) is 0 Å². The third kappa shape index (κ3) is 4.88. The Morgan fingerprint density at radius 3 is 2.42 bits per heavy atom. The van der Waals surface area contributed by atoms with Crippen molar-refractivity contribution in [3.8, 4) is 10.6 Å². The molecule has 2 aromatic heterocycles. The molecule has 11 heteroatoms. The van der Waals surface area contributed by atoms with Gasteiger partial charge in [0.15, 0.2) is 0 Å². The number of benzene rings is 2. The number of hydrogen-bond donors (Lipinski definition) is 1. The lowest BCUT2D eigenvalue weighted by molar-refractivity contribution is -0.139. The molecule has 208 valence electrons. The van der Waals surface area contributed by atoms with E-state index in [1.165, 1.54) is 15.9 Å². The lowest BCUT2D eigenvalue weighted by Gasteiger charge is -2.33. The monoisotopic (exact) mass is 570 g/mol. The second-order valence-corrected chi connectivity index (χ2v) is 11.3. The van der Waals surface area contributed by atoms with Crippen LogP contribution in [0.15, 0.2) is 60.0 Å². The van der Waals surface area contributed by atoms with Crippen molar-refractivity contribution in [1.82, 2.24) is 14.4 Å². The summed E-state index contributed by atoms with van der Waals surface area (Å²) < 4.78 is 57.2. The van der Waals surface area contributed by atoms with E-state index < -0.39 is 36.7 Å². The molecule has 6 nitrogen and oxygen atoms in total. The molecule has 40 heavy (non-hydrogen) atoms. The molecule has 0 spiro atoms. The fourth-order valence-electron chi connectivity index (χ4n) is 5.54. The van der Waals surface area contributed by atoms with E-state index in [0.29, 0.717) is 56.8 Å². The van der Waals surface area contributed by atoms with E-state index in [1.54, 1.807) is 60.0 Å². The Kier molecular flexibility index (Phi) is 6.66. The Labute approximate surface area is 231 Å². The molecule has 2 atom stereocenters. The van der Waals surface area contributed by atoms with Gasteiger partial charge in [0.1, 0.15) is 12.7 Å². The lowest BCUT2D eigenvalue weighted by atomic mass is 10.0. The summed E-state index contributed by atoms with van der Waals surface area (Å²) in [5.74, 6) is -0.786. The number of alkyl halides is 4. The minimum atomic E-state index is -4.47. The zero-order chi connectivity index (χ0) is 28.2. The number of amides is 2. The van der Waals surface area contributed by atoms with Crippen molar-refractivity contribution in [2.45, 2.75) is 37.9 Å². The first kappa shape index (κ1) is 26.5. The smallest absolute Gasteiger partial charge is 0.379 e. The van der Waals surface area contributed by atoms with Crippen molar-refractivity contribution in [2.24, 2.45) is 0 Å². The van der Waals surface area contributed by atoms with Crippen molar-refractivity contribution in [2.75, 3.05) is 25.5 Å². The van der Waals surface area contributed by atoms with Gasteiger partial charge >= 0.3 is 6.18 Å². The van der Waals surface area contributed by atoms with Crippen LogP contribution in [0.4, 0.5) is 23.2 Å². The molecule has 0 aliphatic carbocycles. The summed E-state index contributed by atoms with van der Waals surface area (Å²) in [5, 5.41) is 5.57. The normalized spacial score (nSPS) is 20.0. The van der Waals surface area contributed by atoms with Crippen LogP contribution in [-0.4, -0.2) is 64.7 Å². The SMILES string of the molecule is CN1CC[C@@H](Nc2cccc3c2cc(-c2cc(CN4C(=O)c5ccccc5C4=O)cs2)n3CC(F)(F)F)C(F)C1. The number of hydrogen-bond acceptors (Lipinski definition) is 5. The number of aromatic nitrogens is 1. The maximum Gasteiger partial charge on any atom is 0.406 e. The Bertz CT molecular complexity index is 1580. The first-order valence-electron chi connectivity index (χ1n) is 12.9. The molecule has 2 aromatic carbocycles. The van der Waals surface area contributed by atoms with Gasteiger partial charge in [-0.3, -0.25) is 14.5 Å². The van der Waals surface area contributed by atoms with E-state index in [9.17, 15) is 27.2 Å². The third-order valence-corrected chi connectivity index (χ3v) is 8.50. The Morgan fingerprint density at radius 1 is 1.02 bits per heavy atom. The van der Waals surface area contributed by atoms with E-state index in [1.807, 2.05) is 11.9 Å². The van der Waals surface area contributed by atoms with E-state index in [-0.39, 0.29) is 6.54 Å². The zero-order valence-corrected chi connectivity index (χ0v) is 22.4. The predicted octanol–water partition coefficient (Wildman–Crippen LogP) is 6.18. The minimum Gasteiger partial charge on any atom is -0.379 e. The number of carbonyl (C=O) groups is 2. The Hall–Kier alpha value is -3.70. The summed E-state index contributed by atoms with van der Waals surface area (Å²) in [5.41, 5.74) is 2.65. The molecule has 0 radical (unpaired) electrons. The number of carbonyl (C=O) groups excluding carboxylic acids is 2. The number of nitrogens with zero attached hydrogens (tertiary/aromatic N) is 3. The molecule has 4 aromatic rings. The highest BCUT2D eigenvalue weighted by Crippen LogP contribution is 2.38. The van der Waals surface area contributed by atoms with Gasteiger partial charge in [-0.25, -0.2) is 4.39 Å². The van der Waals surface area contributed by atoms with Crippen LogP contribution in [0.25, 0.3) is 21.5 Å².